The lowest BCUT2D eigenvalue weighted by Crippen LogP contribution is -2.29. The largest absolute Gasteiger partial charge is 0.361 e. The molecule has 116 valence electrons. The topological polar surface area (TPSA) is 83.0 Å². The van der Waals surface area contributed by atoms with Gasteiger partial charge in [0.05, 0.1) is 18.4 Å². The van der Waals surface area contributed by atoms with Crippen molar-refractivity contribution >= 4 is 28.9 Å². The molecule has 1 aliphatic carbocycles. The van der Waals surface area contributed by atoms with E-state index < -0.39 is 0 Å². The summed E-state index contributed by atoms with van der Waals surface area (Å²) >= 11 is 1.59. The predicted octanol–water partition coefficient (Wildman–Crippen LogP) is 2.20. The Kier molecular flexibility index (Phi) is 4.19. The standard InChI is InChI=1S/C14H18N6OS/c1-20(2)13-10(5-15-8-17-13)19-14(21)16-6-12-18-11(7-22-12)9-3-4-9/h5,7-9H,3-4,6H2,1-2H3,(H2,16,19,21). The maximum Gasteiger partial charge on any atom is 0.319 e. The third kappa shape index (κ3) is 3.51. The highest BCUT2D eigenvalue weighted by molar-refractivity contribution is 7.09. The smallest absolute Gasteiger partial charge is 0.319 e. The van der Waals surface area contributed by atoms with Crippen LogP contribution in [0.5, 0.6) is 0 Å². The van der Waals surface area contributed by atoms with Gasteiger partial charge in [0.2, 0.25) is 0 Å². The van der Waals surface area contributed by atoms with Crippen molar-refractivity contribution in [1.82, 2.24) is 20.3 Å². The lowest BCUT2D eigenvalue weighted by molar-refractivity contribution is 0.251. The van der Waals surface area contributed by atoms with Crippen LogP contribution in [0, 0.1) is 0 Å². The Hall–Kier alpha value is -2.22. The summed E-state index contributed by atoms with van der Waals surface area (Å²) in [5.74, 6) is 1.30. The maximum atomic E-state index is 12.0. The molecule has 8 heteroatoms. The Morgan fingerprint density at radius 3 is 3.00 bits per heavy atom. The number of carbonyl (C=O) groups is 1. The Bertz CT molecular complexity index is 667. The summed E-state index contributed by atoms with van der Waals surface area (Å²) in [5, 5.41) is 8.58. The fraction of sp³-hybridized carbons (Fsp3) is 0.429. The van der Waals surface area contributed by atoms with Crippen LogP contribution in [0.1, 0.15) is 29.5 Å². The molecule has 0 radical (unpaired) electrons. The van der Waals surface area contributed by atoms with Crippen LogP contribution >= 0.6 is 11.3 Å². The molecule has 2 aromatic rings. The molecule has 2 amide bonds. The summed E-state index contributed by atoms with van der Waals surface area (Å²) < 4.78 is 0. The summed E-state index contributed by atoms with van der Waals surface area (Å²) in [6, 6.07) is -0.291. The van der Waals surface area contributed by atoms with E-state index in [1.54, 1.807) is 17.5 Å². The van der Waals surface area contributed by atoms with Gasteiger partial charge in [-0.25, -0.2) is 19.7 Å². The van der Waals surface area contributed by atoms with Crippen molar-refractivity contribution in [2.24, 2.45) is 0 Å². The van der Waals surface area contributed by atoms with E-state index in [1.807, 2.05) is 19.0 Å². The number of hydrogen-bond donors (Lipinski definition) is 2. The number of rotatable bonds is 5. The number of urea groups is 1. The van der Waals surface area contributed by atoms with Gasteiger partial charge in [-0.15, -0.1) is 11.3 Å². The maximum absolute atomic E-state index is 12.0. The zero-order valence-electron chi connectivity index (χ0n) is 12.5. The van der Waals surface area contributed by atoms with Crippen molar-refractivity contribution in [3.8, 4) is 0 Å². The summed E-state index contributed by atoms with van der Waals surface area (Å²) in [5.41, 5.74) is 1.73. The molecule has 0 aromatic carbocycles. The SMILES string of the molecule is CN(C)c1ncncc1NC(=O)NCc1nc(C2CC2)cs1. The van der Waals surface area contributed by atoms with Crippen LogP contribution in [-0.2, 0) is 6.54 Å². The van der Waals surface area contributed by atoms with Gasteiger partial charge < -0.3 is 15.5 Å². The molecule has 0 bridgehead atoms. The Labute approximate surface area is 132 Å². The monoisotopic (exact) mass is 318 g/mol. The third-order valence-electron chi connectivity index (χ3n) is 3.33. The van der Waals surface area contributed by atoms with Gasteiger partial charge >= 0.3 is 6.03 Å². The van der Waals surface area contributed by atoms with Gasteiger partial charge in [0.1, 0.15) is 17.0 Å². The summed E-state index contributed by atoms with van der Waals surface area (Å²) in [7, 11) is 3.72. The lowest BCUT2D eigenvalue weighted by Gasteiger charge is -2.15. The van der Waals surface area contributed by atoms with Crippen LogP contribution < -0.4 is 15.5 Å². The molecule has 0 aliphatic heterocycles. The number of nitrogens with one attached hydrogen (secondary N) is 2. The van der Waals surface area contributed by atoms with Crippen LogP contribution in [0.3, 0.4) is 0 Å². The van der Waals surface area contributed by atoms with Crippen molar-refractivity contribution in [2.45, 2.75) is 25.3 Å². The van der Waals surface area contributed by atoms with Crippen LogP contribution in [-0.4, -0.2) is 35.1 Å². The highest BCUT2D eigenvalue weighted by Gasteiger charge is 2.25. The van der Waals surface area contributed by atoms with Crippen molar-refractivity contribution in [3.63, 3.8) is 0 Å². The van der Waals surface area contributed by atoms with Crippen LogP contribution in [0.25, 0.3) is 0 Å². The van der Waals surface area contributed by atoms with Crippen LogP contribution in [0.4, 0.5) is 16.3 Å². The molecule has 0 saturated heterocycles. The highest BCUT2D eigenvalue weighted by atomic mass is 32.1. The molecule has 1 aliphatic rings. The lowest BCUT2D eigenvalue weighted by atomic mass is 10.3. The van der Waals surface area contributed by atoms with Gasteiger partial charge in [-0.3, -0.25) is 0 Å². The Morgan fingerprint density at radius 1 is 1.45 bits per heavy atom. The summed E-state index contributed by atoms with van der Waals surface area (Å²) in [6.07, 6.45) is 5.50. The first-order valence-corrected chi connectivity index (χ1v) is 7.98. The first-order valence-electron chi connectivity index (χ1n) is 7.10. The van der Waals surface area contributed by atoms with Gasteiger partial charge in [-0.1, -0.05) is 0 Å². The Balaban J connectivity index is 1.55. The van der Waals surface area contributed by atoms with E-state index in [0.29, 0.717) is 24.0 Å². The molecule has 22 heavy (non-hydrogen) atoms. The number of hydrogen-bond acceptors (Lipinski definition) is 6. The Morgan fingerprint density at radius 2 is 2.27 bits per heavy atom. The molecular formula is C14H18N6OS. The minimum absolute atomic E-state index is 0.291. The van der Waals surface area contributed by atoms with Crippen LogP contribution in [0.15, 0.2) is 17.9 Å². The zero-order valence-corrected chi connectivity index (χ0v) is 13.4. The second-order valence-corrected chi connectivity index (χ2v) is 6.35. The van der Waals surface area contributed by atoms with Crippen molar-refractivity contribution in [1.29, 1.82) is 0 Å². The number of carbonyl (C=O) groups excluding carboxylic acids is 1. The van der Waals surface area contributed by atoms with Gasteiger partial charge in [0.25, 0.3) is 0 Å². The first kappa shape index (κ1) is 14.7. The highest BCUT2D eigenvalue weighted by Crippen LogP contribution is 2.40. The fourth-order valence-corrected chi connectivity index (χ4v) is 2.88. The molecule has 2 aromatic heterocycles. The average Bonchev–Trinajstić information content (AvgIpc) is 3.24. The molecule has 2 N–H and O–H groups in total. The molecule has 7 nitrogen and oxygen atoms in total. The van der Waals surface area contributed by atoms with E-state index in [9.17, 15) is 4.79 Å². The zero-order chi connectivity index (χ0) is 15.5. The normalized spacial score (nSPS) is 13.7. The molecule has 3 rings (SSSR count). The second-order valence-electron chi connectivity index (χ2n) is 5.40. The van der Waals surface area contributed by atoms with E-state index in [1.165, 1.54) is 19.2 Å². The third-order valence-corrected chi connectivity index (χ3v) is 4.20. The average molecular weight is 318 g/mol. The van der Waals surface area contributed by atoms with Gasteiger partial charge in [0.15, 0.2) is 5.82 Å². The summed E-state index contributed by atoms with van der Waals surface area (Å²) in [6.45, 7) is 0.425. The molecule has 0 unspecified atom stereocenters. The second kappa shape index (κ2) is 6.27. The van der Waals surface area contributed by atoms with E-state index in [-0.39, 0.29) is 6.03 Å². The molecule has 0 atom stereocenters. The number of nitrogens with zero attached hydrogens (tertiary/aromatic N) is 4. The van der Waals surface area contributed by atoms with Gasteiger partial charge in [0, 0.05) is 25.4 Å². The van der Waals surface area contributed by atoms with E-state index in [0.717, 1.165) is 10.7 Å². The minimum Gasteiger partial charge on any atom is -0.361 e. The van der Waals surface area contributed by atoms with Crippen molar-refractivity contribution < 1.29 is 4.79 Å². The van der Waals surface area contributed by atoms with E-state index in [4.69, 9.17) is 0 Å². The van der Waals surface area contributed by atoms with Gasteiger partial charge in [-0.2, -0.15) is 0 Å². The van der Waals surface area contributed by atoms with Gasteiger partial charge in [-0.05, 0) is 12.8 Å². The first-order chi connectivity index (χ1) is 10.6. The van der Waals surface area contributed by atoms with E-state index in [2.05, 4.69) is 31.0 Å². The number of anilines is 2. The van der Waals surface area contributed by atoms with Crippen molar-refractivity contribution in [2.75, 3.05) is 24.3 Å². The molecular weight excluding hydrogens is 300 g/mol. The quantitative estimate of drug-likeness (QED) is 0.883. The fourth-order valence-electron chi connectivity index (χ4n) is 2.06. The molecule has 0 spiro atoms. The number of amides is 2. The summed E-state index contributed by atoms with van der Waals surface area (Å²) in [4.78, 5) is 26.4. The van der Waals surface area contributed by atoms with E-state index >= 15 is 0 Å². The van der Waals surface area contributed by atoms with Crippen molar-refractivity contribution in [3.05, 3.63) is 28.6 Å². The molecule has 1 fully saturated rings. The minimum atomic E-state index is -0.291. The molecule has 1 saturated carbocycles. The van der Waals surface area contributed by atoms with Crippen LogP contribution in [0.2, 0.25) is 0 Å². The molecule has 2 heterocycles. The predicted molar refractivity (Wildman–Crippen MR) is 86.3 cm³/mol. The number of aromatic nitrogens is 3. The number of thiazole rings is 1.